The Balaban J connectivity index is 1.53. The molecule has 9 nitrogen and oxygen atoms in total. The summed E-state index contributed by atoms with van der Waals surface area (Å²) in [4.78, 5) is 40.5. The first-order valence-electron chi connectivity index (χ1n) is 19.7. The van der Waals surface area contributed by atoms with Gasteiger partial charge in [-0.2, -0.15) is 0 Å². The van der Waals surface area contributed by atoms with Crippen molar-refractivity contribution in [3.05, 3.63) is 106 Å². The number of halogens is 1. The van der Waals surface area contributed by atoms with E-state index in [-0.39, 0.29) is 48.6 Å². The first-order valence-corrected chi connectivity index (χ1v) is 22.4. The number of carboxylic acids is 1. The molecule has 1 aliphatic carbocycles. The van der Waals surface area contributed by atoms with Crippen LogP contribution in [0.3, 0.4) is 0 Å². The summed E-state index contributed by atoms with van der Waals surface area (Å²) >= 11 is 3.48. The number of allylic oxidation sites excluding steroid dienone is 1. The topological polar surface area (TPSA) is 145 Å². The first kappa shape index (κ1) is 43.3. The Hall–Kier alpha value is -3.87. The molecule has 0 saturated carbocycles. The van der Waals surface area contributed by atoms with Crippen molar-refractivity contribution in [3.8, 4) is 5.75 Å². The number of likely N-dealkylation sites (tertiary alicyclic amines) is 1. The second-order valence-electron chi connectivity index (χ2n) is 16.1. The van der Waals surface area contributed by atoms with Crippen molar-refractivity contribution in [2.75, 3.05) is 19.8 Å². The van der Waals surface area contributed by atoms with Crippen LogP contribution in [-0.2, 0) is 18.8 Å². The fourth-order valence-corrected chi connectivity index (χ4v) is 13.7. The molecule has 1 fully saturated rings. The number of phenols is 1. The Morgan fingerprint density at radius 2 is 1.61 bits per heavy atom. The molecular weight excluding hydrogens is 790 g/mol. The maximum atomic E-state index is 14.1. The molecule has 0 radical (unpaired) electrons. The van der Waals surface area contributed by atoms with Crippen LogP contribution in [0.5, 0.6) is 5.75 Å². The molecule has 0 aromatic heterocycles. The Morgan fingerprint density at radius 3 is 2.18 bits per heavy atom. The zero-order valence-electron chi connectivity index (χ0n) is 32.9. The summed E-state index contributed by atoms with van der Waals surface area (Å²) in [5.41, 5.74) is 2.98. The third-order valence-corrected chi connectivity index (χ3v) is 17.0. The van der Waals surface area contributed by atoms with E-state index in [9.17, 15) is 29.7 Å². The number of rotatable bonds is 18. The largest absolute Gasteiger partial charge is 0.507 e. The van der Waals surface area contributed by atoms with E-state index in [1.54, 1.807) is 12.1 Å². The highest BCUT2D eigenvalue weighted by Gasteiger charge is 2.56. The van der Waals surface area contributed by atoms with Gasteiger partial charge in [-0.05, 0) is 83.3 Å². The number of benzene rings is 3. The minimum absolute atomic E-state index is 0.0264. The van der Waals surface area contributed by atoms with Gasteiger partial charge in [-0.3, -0.25) is 19.3 Å². The van der Waals surface area contributed by atoms with Crippen molar-refractivity contribution in [3.63, 3.8) is 0 Å². The molecule has 2 aliphatic rings. The zero-order chi connectivity index (χ0) is 40.6. The molecule has 3 aromatic carbocycles. The van der Waals surface area contributed by atoms with E-state index in [0.717, 1.165) is 26.0 Å². The van der Waals surface area contributed by atoms with Crippen LogP contribution in [0, 0.1) is 17.8 Å². The maximum absolute atomic E-state index is 14.1. The first-order chi connectivity index (χ1) is 26.7. The van der Waals surface area contributed by atoms with E-state index >= 15 is 0 Å². The van der Waals surface area contributed by atoms with Crippen LogP contribution < -0.4 is 10.4 Å². The van der Waals surface area contributed by atoms with Crippen LogP contribution in [0.2, 0.25) is 5.04 Å². The van der Waals surface area contributed by atoms with E-state index in [1.807, 2.05) is 55.5 Å². The molecule has 1 saturated heterocycles. The summed E-state index contributed by atoms with van der Waals surface area (Å²) in [7, 11) is -3.06. The minimum Gasteiger partial charge on any atom is -0.507 e. The SMILES string of the molecule is CC/C(=C\c1cc(Br)ccc1O)CC[C@@H](O)C1=C(CO[Si](c2ccccc2)(c2ccccc2)C(C)(C)C)C[C@H]2C(=O)N(CCCCCC(=O)O)C(=O)[C@H]2[C@H]1CO. The quantitative estimate of drug-likeness (QED) is 0.0455. The normalized spacial score (nSPS) is 19.7. The predicted molar refractivity (Wildman–Crippen MR) is 225 cm³/mol. The molecule has 5 rings (SSSR count). The highest BCUT2D eigenvalue weighted by molar-refractivity contribution is 9.10. The van der Waals surface area contributed by atoms with Gasteiger partial charge in [0.15, 0.2) is 0 Å². The molecule has 4 atom stereocenters. The van der Waals surface area contributed by atoms with Gasteiger partial charge in [-0.1, -0.05) is 122 Å². The molecule has 11 heteroatoms. The molecule has 4 N–H and O–H groups in total. The van der Waals surface area contributed by atoms with Gasteiger partial charge in [0, 0.05) is 28.9 Å². The number of aliphatic carboxylic acids is 1. The number of aliphatic hydroxyl groups excluding tert-OH is 2. The van der Waals surface area contributed by atoms with Gasteiger partial charge in [-0.25, -0.2) is 0 Å². The lowest BCUT2D eigenvalue weighted by molar-refractivity contribution is -0.141. The van der Waals surface area contributed by atoms with Gasteiger partial charge in [0.1, 0.15) is 5.75 Å². The second-order valence-corrected chi connectivity index (χ2v) is 21.3. The standard InChI is InChI=1S/C45H56BrNO8Si/c1-5-30(25-31-26-33(46)21-23-38(31)49)20-22-39(50)41-32(27-36-42(37(41)28-48)44(54)47(43(36)53)24-14-8-13-19-40(51)52)29-55-56(45(2,3)4,34-15-9-6-10-16-34)35-17-11-7-12-18-35/h6-7,9-12,15-18,21,23,25-26,36-37,39,42,48-50H,5,8,13-14,19-20,22,24,27-29H2,1-4H3,(H,51,52)/b30-25+/t36-,37+,39-,42-/m1/s1. The maximum Gasteiger partial charge on any atom is 0.303 e. The zero-order valence-corrected chi connectivity index (χ0v) is 35.5. The predicted octanol–water partition coefficient (Wildman–Crippen LogP) is 7.22. The van der Waals surface area contributed by atoms with Crippen LogP contribution in [0.1, 0.15) is 84.6 Å². The number of fused-ring (bicyclic) bond motifs is 1. The molecule has 0 spiro atoms. The van der Waals surface area contributed by atoms with Crippen LogP contribution >= 0.6 is 15.9 Å². The van der Waals surface area contributed by atoms with Gasteiger partial charge in [0.25, 0.3) is 8.32 Å². The van der Waals surface area contributed by atoms with Gasteiger partial charge < -0.3 is 24.9 Å². The molecule has 1 heterocycles. The number of hydrogen-bond acceptors (Lipinski definition) is 7. The molecular formula is C45H56BrNO8Si. The number of unbranched alkanes of at least 4 members (excludes halogenated alkanes) is 2. The van der Waals surface area contributed by atoms with Crippen molar-refractivity contribution < 1.29 is 39.2 Å². The summed E-state index contributed by atoms with van der Waals surface area (Å²) in [5.74, 6) is -3.71. The Kier molecular flexibility index (Phi) is 14.7. The number of hydrogen-bond donors (Lipinski definition) is 4. The van der Waals surface area contributed by atoms with E-state index in [4.69, 9.17) is 9.53 Å². The lowest BCUT2D eigenvalue weighted by Crippen LogP contribution is -2.66. The van der Waals surface area contributed by atoms with Crippen LogP contribution in [0.4, 0.5) is 0 Å². The van der Waals surface area contributed by atoms with Gasteiger partial charge >= 0.3 is 5.97 Å². The lowest BCUT2D eigenvalue weighted by atomic mass is 9.68. The average molecular weight is 847 g/mol. The number of imide groups is 1. The van der Waals surface area contributed by atoms with Gasteiger partial charge in [0.2, 0.25) is 11.8 Å². The van der Waals surface area contributed by atoms with E-state index in [0.29, 0.717) is 49.7 Å². The van der Waals surface area contributed by atoms with E-state index < -0.39 is 44.8 Å². The third-order valence-electron chi connectivity index (χ3n) is 11.5. The molecule has 0 unspecified atom stereocenters. The number of nitrogens with zero attached hydrogens (tertiary/aromatic N) is 1. The Labute approximate surface area is 340 Å². The number of aliphatic hydroxyl groups is 2. The van der Waals surface area contributed by atoms with Crippen molar-refractivity contribution in [1.82, 2.24) is 4.90 Å². The average Bonchev–Trinajstić information content (AvgIpc) is 3.41. The molecule has 2 amide bonds. The fraction of sp³-hybridized carbons (Fsp3) is 0.444. The molecule has 1 aliphatic heterocycles. The van der Waals surface area contributed by atoms with E-state index in [1.165, 1.54) is 4.90 Å². The number of carbonyl (C=O) groups is 3. The fourth-order valence-electron chi connectivity index (χ4n) is 8.75. The number of aromatic hydroxyl groups is 1. The Bertz CT molecular complexity index is 1870. The highest BCUT2D eigenvalue weighted by Crippen LogP contribution is 2.47. The Morgan fingerprint density at radius 1 is 0.964 bits per heavy atom. The highest BCUT2D eigenvalue weighted by atomic mass is 79.9. The summed E-state index contributed by atoms with van der Waals surface area (Å²) in [5, 5.41) is 44.7. The second kappa shape index (κ2) is 19.0. The molecule has 3 aromatic rings. The molecule has 300 valence electrons. The number of phenolic OH excluding ortho intramolecular Hbond substituents is 1. The number of amides is 2. The number of carbonyl (C=O) groups excluding carboxylic acids is 2. The lowest BCUT2D eigenvalue weighted by Gasteiger charge is -2.44. The van der Waals surface area contributed by atoms with Crippen molar-refractivity contribution >= 4 is 58.5 Å². The van der Waals surface area contributed by atoms with Crippen molar-refractivity contribution in [2.24, 2.45) is 17.8 Å². The third kappa shape index (κ3) is 9.45. The minimum atomic E-state index is -3.06. The summed E-state index contributed by atoms with van der Waals surface area (Å²) in [6.45, 7) is 8.45. The van der Waals surface area contributed by atoms with Crippen LogP contribution in [0.25, 0.3) is 6.08 Å². The summed E-state index contributed by atoms with van der Waals surface area (Å²) < 4.78 is 8.20. The monoisotopic (exact) mass is 845 g/mol. The van der Waals surface area contributed by atoms with Crippen molar-refractivity contribution in [1.29, 1.82) is 0 Å². The van der Waals surface area contributed by atoms with Gasteiger partial charge in [-0.15, -0.1) is 0 Å². The van der Waals surface area contributed by atoms with Crippen molar-refractivity contribution in [2.45, 2.75) is 90.2 Å². The summed E-state index contributed by atoms with van der Waals surface area (Å²) in [6.07, 6.45) is 4.12. The van der Waals surface area contributed by atoms with Crippen LogP contribution in [0.15, 0.2) is 100 Å². The molecule has 0 bridgehead atoms. The summed E-state index contributed by atoms with van der Waals surface area (Å²) in [6, 6.07) is 25.7. The smallest absolute Gasteiger partial charge is 0.303 e. The molecule has 56 heavy (non-hydrogen) atoms. The van der Waals surface area contributed by atoms with Crippen LogP contribution in [-0.4, -0.2) is 77.3 Å². The van der Waals surface area contributed by atoms with E-state index in [2.05, 4.69) is 61.0 Å². The number of carboxylic acid groups (broad SMARTS) is 1. The van der Waals surface area contributed by atoms with Gasteiger partial charge in [0.05, 0.1) is 31.2 Å².